The molecular formula is C20H29N3O3. The number of ether oxygens (including phenoxy) is 1. The van der Waals surface area contributed by atoms with Gasteiger partial charge in [0.2, 0.25) is 11.8 Å². The number of nitrogens with zero attached hydrogens (tertiary/aromatic N) is 3. The van der Waals surface area contributed by atoms with E-state index in [1.54, 1.807) is 7.11 Å². The Morgan fingerprint density at radius 1 is 1.19 bits per heavy atom. The van der Waals surface area contributed by atoms with Crippen LogP contribution in [0, 0.1) is 5.41 Å². The second-order valence-electron chi connectivity index (χ2n) is 8.05. The van der Waals surface area contributed by atoms with E-state index in [1.807, 2.05) is 18.2 Å². The predicted octanol–water partition coefficient (Wildman–Crippen LogP) is 2.21. The molecule has 4 rings (SSSR count). The summed E-state index contributed by atoms with van der Waals surface area (Å²) in [6.07, 6.45) is 6.25. The first-order valence-electron chi connectivity index (χ1n) is 9.86. The van der Waals surface area contributed by atoms with Crippen molar-refractivity contribution in [3.8, 4) is 5.88 Å². The molecule has 2 aliphatic heterocycles. The fourth-order valence-corrected chi connectivity index (χ4v) is 4.97. The zero-order chi connectivity index (χ0) is 18.1. The van der Waals surface area contributed by atoms with E-state index in [2.05, 4.69) is 14.8 Å². The topological polar surface area (TPSA) is 65.9 Å². The zero-order valence-electron chi connectivity index (χ0n) is 15.6. The van der Waals surface area contributed by atoms with E-state index in [0.29, 0.717) is 17.8 Å². The number of anilines is 1. The third-order valence-electron chi connectivity index (χ3n) is 6.47. The summed E-state index contributed by atoms with van der Waals surface area (Å²) in [7, 11) is 1.63. The van der Waals surface area contributed by atoms with Crippen LogP contribution in [0.1, 0.15) is 44.9 Å². The number of rotatable bonds is 3. The highest BCUT2D eigenvalue weighted by molar-refractivity contribution is 5.86. The van der Waals surface area contributed by atoms with Crippen LogP contribution in [0.3, 0.4) is 0 Å². The maximum atomic E-state index is 13.4. The highest BCUT2D eigenvalue weighted by Crippen LogP contribution is 2.43. The average Bonchev–Trinajstić information content (AvgIpc) is 2.98. The summed E-state index contributed by atoms with van der Waals surface area (Å²) >= 11 is 0. The van der Waals surface area contributed by atoms with Gasteiger partial charge in [-0.15, -0.1) is 0 Å². The van der Waals surface area contributed by atoms with Crippen molar-refractivity contribution < 1.29 is 14.6 Å². The number of aromatic nitrogens is 1. The fourth-order valence-electron chi connectivity index (χ4n) is 4.97. The third kappa shape index (κ3) is 3.15. The summed E-state index contributed by atoms with van der Waals surface area (Å²) in [4.78, 5) is 22.3. The molecule has 0 radical (unpaired) electrons. The van der Waals surface area contributed by atoms with Crippen LogP contribution >= 0.6 is 0 Å². The number of hydrogen-bond donors (Lipinski definition) is 1. The Bertz CT molecular complexity index is 659. The van der Waals surface area contributed by atoms with Gasteiger partial charge in [-0.3, -0.25) is 4.79 Å². The number of carbonyl (C=O) groups is 1. The molecule has 1 aromatic rings. The highest BCUT2D eigenvalue weighted by Gasteiger charge is 2.50. The molecule has 1 atom stereocenters. The van der Waals surface area contributed by atoms with Gasteiger partial charge in [0.1, 0.15) is 5.82 Å². The molecule has 0 bridgehead atoms. The van der Waals surface area contributed by atoms with Gasteiger partial charge in [-0.1, -0.05) is 6.07 Å². The molecule has 1 N–H and O–H groups in total. The molecule has 6 heteroatoms. The molecule has 1 aliphatic carbocycles. The number of piperidine rings is 1. The molecule has 142 valence electrons. The number of amides is 1. The van der Waals surface area contributed by atoms with Crippen molar-refractivity contribution in [2.45, 2.75) is 57.1 Å². The van der Waals surface area contributed by atoms with Crippen LogP contribution in [0.4, 0.5) is 5.82 Å². The van der Waals surface area contributed by atoms with Gasteiger partial charge in [-0.2, -0.15) is 4.98 Å². The van der Waals surface area contributed by atoms with Gasteiger partial charge in [-0.05, 0) is 51.0 Å². The van der Waals surface area contributed by atoms with Crippen LogP contribution in [-0.2, 0) is 4.79 Å². The second kappa shape index (κ2) is 7.06. The molecule has 1 spiro atoms. The van der Waals surface area contributed by atoms with Crippen molar-refractivity contribution in [2.75, 3.05) is 31.6 Å². The lowest BCUT2D eigenvalue weighted by Crippen LogP contribution is -2.50. The lowest BCUT2D eigenvalue weighted by atomic mass is 9.78. The van der Waals surface area contributed by atoms with Crippen molar-refractivity contribution >= 4 is 11.7 Å². The fraction of sp³-hybridized carbons (Fsp3) is 0.700. The third-order valence-corrected chi connectivity index (χ3v) is 6.47. The van der Waals surface area contributed by atoms with E-state index in [0.717, 1.165) is 70.4 Å². The van der Waals surface area contributed by atoms with Crippen LogP contribution in [0.2, 0.25) is 0 Å². The van der Waals surface area contributed by atoms with E-state index in [-0.39, 0.29) is 11.5 Å². The van der Waals surface area contributed by atoms with Crippen molar-refractivity contribution in [3.63, 3.8) is 0 Å². The first-order chi connectivity index (χ1) is 12.6. The number of pyridine rings is 1. The molecule has 26 heavy (non-hydrogen) atoms. The number of likely N-dealkylation sites (tertiary alicyclic amines) is 1. The maximum absolute atomic E-state index is 13.4. The molecule has 0 unspecified atom stereocenters. The Kier molecular flexibility index (Phi) is 4.78. The van der Waals surface area contributed by atoms with E-state index in [1.165, 1.54) is 0 Å². The number of methoxy groups -OCH3 is 1. The SMILES string of the molecule is COc1cccc(N2CCC[C@@]3(CCN(C4CCC(O)CC4)C3=O)C2)n1. The largest absolute Gasteiger partial charge is 0.481 e. The number of aliphatic hydroxyl groups excluding tert-OH is 1. The molecule has 1 saturated carbocycles. The smallest absolute Gasteiger partial charge is 0.230 e. The molecular weight excluding hydrogens is 330 g/mol. The molecule has 3 fully saturated rings. The van der Waals surface area contributed by atoms with Crippen LogP contribution < -0.4 is 9.64 Å². The van der Waals surface area contributed by atoms with E-state index in [9.17, 15) is 9.90 Å². The zero-order valence-corrected chi connectivity index (χ0v) is 15.6. The van der Waals surface area contributed by atoms with E-state index in [4.69, 9.17) is 4.74 Å². The normalized spacial score (nSPS) is 32.3. The summed E-state index contributed by atoms with van der Waals surface area (Å²) < 4.78 is 5.26. The summed E-state index contributed by atoms with van der Waals surface area (Å²) in [5.41, 5.74) is -0.265. The lowest BCUT2D eigenvalue weighted by Gasteiger charge is -2.41. The molecule has 0 aromatic carbocycles. The average molecular weight is 359 g/mol. The van der Waals surface area contributed by atoms with Crippen molar-refractivity contribution in [1.82, 2.24) is 9.88 Å². The summed E-state index contributed by atoms with van der Waals surface area (Å²) in [6, 6.07) is 6.12. The van der Waals surface area contributed by atoms with Crippen molar-refractivity contribution in [1.29, 1.82) is 0 Å². The minimum Gasteiger partial charge on any atom is -0.481 e. The van der Waals surface area contributed by atoms with Gasteiger partial charge in [-0.25, -0.2) is 0 Å². The Morgan fingerprint density at radius 3 is 2.77 bits per heavy atom. The minimum absolute atomic E-state index is 0.178. The van der Waals surface area contributed by atoms with Crippen LogP contribution in [0.15, 0.2) is 18.2 Å². The van der Waals surface area contributed by atoms with Gasteiger partial charge >= 0.3 is 0 Å². The number of carbonyl (C=O) groups excluding carboxylic acids is 1. The first kappa shape index (κ1) is 17.6. The van der Waals surface area contributed by atoms with Crippen LogP contribution in [0.5, 0.6) is 5.88 Å². The Morgan fingerprint density at radius 2 is 2.00 bits per heavy atom. The van der Waals surface area contributed by atoms with Crippen molar-refractivity contribution in [3.05, 3.63) is 18.2 Å². The molecule has 1 aromatic heterocycles. The monoisotopic (exact) mass is 359 g/mol. The van der Waals surface area contributed by atoms with Gasteiger partial charge in [0.15, 0.2) is 0 Å². The number of hydrogen-bond acceptors (Lipinski definition) is 5. The molecule has 3 heterocycles. The van der Waals surface area contributed by atoms with Crippen molar-refractivity contribution in [2.24, 2.45) is 5.41 Å². The maximum Gasteiger partial charge on any atom is 0.230 e. The summed E-state index contributed by atoms with van der Waals surface area (Å²) in [6.45, 7) is 2.54. The second-order valence-corrected chi connectivity index (χ2v) is 8.05. The van der Waals surface area contributed by atoms with Gasteiger partial charge in [0.25, 0.3) is 0 Å². The minimum atomic E-state index is -0.265. The molecule has 1 amide bonds. The standard InChI is InChI=1S/C20H29N3O3/c1-26-18-5-2-4-17(21-18)22-12-3-10-20(14-22)11-13-23(19(20)25)15-6-8-16(24)9-7-15/h2,4-5,15-16,24H,3,6-14H2,1H3/t15?,16?,20-/m1/s1. The highest BCUT2D eigenvalue weighted by atomic mass is 16.5. The Labute approximate surface area is 155 Å². The van der Waals surface area contributed by atoms with Crippen LogP contribution in [0.25, 0.3) is 0 Å². The summed E-state index contributed by atoms with van der Waals surface area (Å²) in [5, 5.41) is 9.75. The van der Waals surface area contributed by atoms with E-state index >= 15 is 0 Å². The van der Waals surface area contributed by atoms with Crippen LogP contribution in [-0.4, -0.2) is 59.8 Å². The molecule has 6 nitrogen and oxygen atoms in total. The molecule has 2 saturated heterocycles. The Balaban J connectivity index is 1.48. The number of aliphatic hydroxyl groups is 1. The lowest BCUT2D eigenvalue weighted by molar-refractivity contribution is -0.139. The quantitative estimate of drug-likeness (QED) is 0.896. The Hall–Kier alpha value is -1.82. The summed E-state index contributed by atoms with van der Waals surface area (Å²) in [5.74, 6) is 1.84. The predicted molar refractivity (Wildman–Crippen MR) is 99.3 cm³/mol. The van der Waals surface area contributed by atoms with E-state index < -0.39 is 0 Å². The first-order valence-corrected chi connectivity index (χ1v) is 9.86. The van der Waals surface area contributed by atoms with Gasteiger partial charge < -0.3 is 19.6 Å². The molecule has 3 aliphatic rings. The van der Waals surface area contributed by atoms with Gasteiger partial charge in [0, 0.05) is 31.7 Å². The van der Waals surface area contributed by atoms with Gasteiger partial charge in [0.05, 0.1) is 18.6 Å².